The summed E-state index contributed by atoms with van der Waals surface area (Å²) in [5.41, 5.74) is 7.16. The molecule has 2 rings (SSSR count). The van der Waals surface area contributed by atoms with E-state index in [0.717, 1.165) is 31.6 Å². The summed E-state index contributed by atoms with van der Waals surface area (Å²) in [7, 11) is 0. The molecule has 0 aromatic heterocycles. The molecule has 1 aromatic carbocycles. The predicted octanol–water partition coefficient (Wildman–Crippen LogP) is 1.74. The number of benzene rings is 1. The maximum Gasteiger partial charge on any atom is 0.120 e. The lowest BCUT2D eigenvalue weighted by molar-refractivity contribution is 0.470. The summed E-state index contributed by atoms with van der Waals surface area (Å²) in [5.74, 6) is 0.448. The number of fused-ring (bicyclic) bond motifs is 1. The highest BCUT2D eigenvalue weighted by molar-refractivity contribution is 5.62. The summed E-state index contributed by atoms with van der Waals surface area (Å²) in [6.07, 6.45) is 0.982. The van der Waals surface area contributed by atoms with Crippen LogP contribution in [0.1, 0.15) is 19.4 Å². The number of aromatic hydroxyl groups is 1. The highest BCUT2D eigenvalue weighted by atomic mass is 16.3. The fourth-order valence-electron chi connectivity index (χ4n) is 1.81. The lowest BCUT2D eigenvalue weighted by Crippen LogP contribution is -2.18. The van der Waals surface area contributed by atoms with E-state index in [0.29, 0.717) is 5.75 Å². The zero-order chi connectivity index (χ0) is 11.3. The maximum atomic E-state index is 9.52. The predicted molar refractivity (Wildman–Crippen MR) is 64.4 cm³/mol. The summed E-state index contributed by atoms with van der Waals surface area (Å²) >= 11 is 0. The molecule has 3 heteroatoms. The molecule has 0 amide bonds. The van der Waals surface area contributed by atoms with E-state index in [1.807, 2.05) is 13.0 Å². The number of hydrogen-bond acceptors (Lipinski definition) is 3. The van der Waals surface area contributed by atoms with Crippen molar-refractivity contribution in [2.75, 3.05) is 24.5 Å². The van der Waals surface area contributed by atoms with Gasteiger partial charge in [0.25, 0.3) is 0 Å². The lowest BCUT2D eigenvalue weighted by atomic mass is 10.1. The molecule has 1 aliphatic heterocycles. The molecule has 0 unspecified atom stereocenters. The smallest absolute Gasteiger partial charge is 0.120 e. The molecule has 3 N–H and O–H groups in total. The molecular formula is C12H20N2O. The van der Waals surface area contributed by atoms with Gasteiger partial charge >= 0.3 is 0 Å². The van der Waals surface area contributed by atoms with Crippen molar-refractivity contribution in [2.24, 2.45) is 5.73 Å². The molecule has 84 valence electrons. The van der Waals surface area contributed by atoms with Crippen LogP contribution in [0.3, 0.4) is 0 Å². The zero-order valence-electron chi connectivity index (χ0n) is 9.53. The van der Waals surface area contributed by atoms with Crippen molar-refractivity contribution in [1.29, 1.82) is 0 Å². The lowest BCUT2D eigenvalue weighted by Gasteiger charge is -2.16. The molecule has 1 aliphatic rings. The van der Waals surface area contributed by atoms with Gasteiger partial charge in [-0.25, -0.2) is 0 Å². The Morgan fingerprint density at radius 1 is 1.40 bits per heavy atom. The molecular weight excluding hydrogens is 188 g/mol. The fourth-order valence-corrected chi connectivity index (χ4v) is 1.81. The van der Waals surface area contributed by atoms with E-state index in [2.05, 4.69) is 17.9 Å². The molecule has 0 spiro atoms. The first-order chi connectivity index (χ1) is 7.24. The molecule has 1 heterocycles. The van der Waals surface area contributed by atoms with Crippen LogP contribution in [0.15, 0.2) is 18.2 Å². The van der Waals surface area contributed by atoms with E-state index in [9.17, 15) is 5.11 Å². The summed E-state index contributed by atoms with van der Waals surface area (Å²) in [6, 6.07) is 5.74. The van der Waals surface area contributed by atoms with Crippen LogP contribution in [0, 0.1) is 0 Å². The number of hydrogen-bond donors (Lipinski definition) is 2. The van der Waals surface area contributed by atoms with Crippen molar-refractivity contribution in [3.05, 3.63) is 23.8 Å². The van der Waals surface area contributed by atoms with Crippen molar-refractivity contribution >= 4 is 5.69 Å². The molecule has 0 bridgehead atoms. The van der Waals surface area contributed by atoms with Crippen LogP contribution < -0.4 is 10.6 Å². The van der Waals surface area contributed by atoms with Crippen molar-refractivity contribution in [3.63, 3.8) is 0 Å². The Morgan fingerprint density at radius 3 is 2.67 bits per heavy atom. The van der Waals surface area contributed by atoms with Crippen LogP contribution in [-0.2, 0) is 6.42 Å². The minimum atomic E-state index is 0.448. The number of likely N-dealkylation sites (N-methyl/N-ethyl adjacent to an activating group) is 1. The Balaban J connectivity index is 0.000000337. The van der Waals surface area contributed by atoms with E-state index >= 15 is 0 Å². The van der Waals surface area contributed by atoms with E-state index in [-0.39, 0.29) is 0 Å². The molecule has 3 nitrogen and oxygen atoms in total. The van der Waals surface area contributed by atoms with Crippen LogP contribution >= 0.6 is 0 Å². The van der Waals surface area contributed by atoms with Gasteiger partial charge in [-0.05, 0) is 32.0 Å². The van der Waals surface area contributed by atoms with Gasteiger partial charge in [0, 0.05) is 24.3 Å². The first kappa shape index (κ1) is 11.9. The number of rotatable bonds is 1. The number of anilines is 1. The third-order valence-electron chi connectivity index (χ3n) is 2.48. The SMILES string of the molecule is CCN.CCN1CCc2c(O)cccc21. The van der Waals surface area contributed by atoms with Gasteiger partial charge in [0.15, 0.2) is 0 Å². The maximum absolute atomic E-state index is 9.52. The highest BCUT2D eigenvalue weighted by Crippen LogP contribution is 2.33. The Hall–Kier alpha value is -1.22. The van der Waals surface area contributed by atoms with Gasteiger partial charge in [-0.3, -0.25) is 0 Å². The average Bonchev–Trinajstić information content (AvgIpc) is 2.63. The summed E-state index contributed by atoms with van der Waals surface area (Å²) in [5, 5.41) is 9.52. The van der Waals surface area contributed by atoms with Crippen LogP contribution in [0.25, 0.3) is 0 Å². The molecule has 15 heavy (non-hydrogen) atoms. The van der Waals surface area contributed by atoms with Crippen LogP contribution in [0.2, 0.25) is 0 Å². The van der Waals surface area contributed by atoms with E-state index in [1.54, 1.807) is 6.07 Å². The number of nitrogens with zero attached hydrogens (tertiary/aromatic N) is 1. The second-order valence-electron chi connectivity index (χ2n) is 3.51. The molecule has 0 saturated carbocycles. The second kappa shape index (κ2) is 5.61. The normalized spacial score (nSPS) is 13.1. The number of nitrogens with two attached hydrogens (primary N) is 1. The van der Waals surface area contributed by atoms with Crippen molar-refractivity contribution in [3.8, 4) is 5.75 Å². The van der Waals surface area contributed by atoms with Crippen molar-refractivity contribution < 1.29 is 5.11 Å². The summed E-state index contributed by atoms with van der Waals surface area (Å²) < 4.78 is 0. The van der Waals surface area contributed by atoms with Crippen molar-refractivity contribution in [2.45, 2.75) is 20.3 Å². The minimum Gasteiger partial charge on any atom is -0.508 e. The second-order valence-corrected chi connectivity index (χ2v) is 3.51. The van der Waals surface area contributed by atoms with Gasteiger partial charge in [0.2, 0.25) is 0 Å². The quantitative estimate of drug-likeness (QED) is 0.739. The van der Waals surface area contributed by atoms with Crippen molar-refractivity contribution in [1.82, 2.24) is 0 Å². The van der Waals surface area contributed by atoms with Crippen LogP contribution in [-0.4, -0.2) is 24.7 Å². The number of phenolic OH excluding ortho intramolecular Hbond substituents is 1. The van der Waals surface area contributed by atoms with Gasteiger partial charge in [0.05, 0.1) is 0 Å². The molecule has 1 aromatic rings. The zero-order valence-corrected chi connectivity index (χ0v) is 9.53. The molecule has 0 fully saturated rings. The monoisotopic (exact) mass is 208 g/mol. The third-order valence-corrected chi connectivity index (χ3v) is 2.48. The van der Waals surface area contributed by atoms with Gasteiger partial charge in [-0.2, -0.15) is 0 Å². The molecule has 0 aliphatic carbocycles. The van der Waals surface area contributed by atoms with Gasteiger partial charge in [-0.1, -0.05) is 13.0 Å². The fraction of sp³-hybridized carbons (Fsp3) is 0.500. The summed E-state index contributed by atoms with van der Waals surface area (Å²) in [6.45, 7) is 6.86. The van der Waals surface area contributed by atoms with Gasteiger partial charge in [-0.15, -0.1) is 0 Å². The Kier molecular flexibility index (Phi) is 4.43. The minimum absolute atomic E-state index is 0.448. The van der Waals surface area contributed by atoms with E-state index in [4.69, 9.17) is 5.73 Å². The Morgan fingerprint density at radius 2 is 2.07 bits per heavy atom. The van der Waals surface area contributed by atoms with E-state index < -0.39 is 0 Å². The standard InChI is InChI=1S/C10H13NO.C2H7N/c1-2-11-7-6-8-9(11)4-3-5-10(8)12;1-2-3/h3-5,12H,2,6-7H2,1H3;2-3H2,1H3. The molecule has 0 saturated heterocycles. The Labute approximate surface area is 91.5 Å². The first-order valence-electron chi connectivity index (χ1n) is 5.50. The van der Waals surface area contributed by atoms with Gasteiger partial charge in [0.1, 0.15) is 5.75 Å². The third kappa shape index (κ3) is 2.63. The molecule has 0 atom stereocenters. The summed E-state index contributed by atoms with van der Waals surface area (Å²) in [4.78, 5) is 2.29. The molecule has 0 radical (unpaired) electrons. The topological polar surface area (TPSA) is 49.5 Å². The van der Waals surface area contributed by atoms with Crippen LogP contribution in [0.4, 0.5) is 5.69 Å². The number of phenols is 1. The average molecular weight is 208 g/mol. The van der Waals surface area contributed by atoms with Gasteiger partial charge < -0.3 is 15.7 Å². The first-order valence-corrected chi connectivity index (χ1v) is 5.50. The highest BCUT2D eigenvalue weighted by Gasteiger charge is 2.19. The van der Waals surface area contributed by atoms with Crippen LogP contribution in [0.5, 0.6) is 5.75 Å². The largest absolute Gasteiger partial charge is 0.508 e. The van der Waals surface area contributed by atoms with E-state index in [1.165, 1.54) is 5.69 Å². The Bertz CT molecular complexity index is 312.